The predicted octanol–water partition coefficient (Wildman–Crippen LogP) is 3.28. The first-order valence-electron chi connectivity index (χ1n) is 7.42. The van der Waals surface area contributed by atoms with Crippen LogP contribution in [-0.2, 0) is 9.53 Å². The molecule has 2 atom stereocenters. The standard InChI is InChI=1S/C15H27NO4/c1-11-7-5-6-8-12(11)16(10-9-13(17)18)14(19)20-15(2,3)4/h11-12H,5-10H2,1-4H3,(H,17,18)/t11-,12-/m0/s1. The fourth-order valence-corrected chi connectivity index (χ4v) is 2.69. The highest BCUT2D eigenvalue weighted by atomic mass is 16.6. The zero-order valence-electron chi connectivity index (χ0n) is 13.0. The van der Waals surface area contributed by atoms with Gasteiger partial charge in [-0.15, -0.1) is 0 Å². The number of ether oxygens (including phenoxy) is 1. The molecule has 0 spiro atoms. The van der Waals surface area contributed by atoms with E-state index in [1.807, 2.05) is 20.8 Å². The Bertz CT molecular complexity index is 348. The van der Waals surface area contributed by atoms with Gasteiger partial charge >= 0.3 is 12.1 Å². The maximum Gasteiger partial charge on any atom is 0.410 e. The van der Waals surface area contributed by atoms with E-state index in [1.54, 1.807) is 4.90 Å². The third-order valence-electron chi connectivity index (χ3n) is 3.66. The summed E-state index contributed by atoms with van der Waals surface area (Å²) in [6.07, 6.45) is 3.84. The molecule has 1 rings (SSSR count). The molecule has 1 N–H and O–H groups in total. The molecule has 0 aliphatic heterocycles. The zero-order valence-corrected chi connectivity index (χ0v) is 13.0. The van der Waals surface area contributed by atoms with Gasteiger partial charge in [-0.3, -0.25) is 4.79 Å². The highest BCUT2D eigenvalue weighted by Gasteiger charge is 2.33. The smallest absolute Gasteiger partial charge is 0.410 e. The van der Waals surface area contributed by atoms with Gasteiger partial charge in [0.05, 0.1) is 6.42 Å². The summed E-state index contributed by atoms with van der Waals surface area (Å²) in [5, 5.41) is 8.86. The number of nitrogens with zero attached hydrogens (tertiary/aromatic N) is 1. The molecule has 0 aromatic rings. The van der Waals surface area contributed by atoms with Crippen LogP contribution in [0.25, 0.3) is 0 Å². The van der Waals surface area contributed by atoms with Crippen molar-refractivity contribution in [3.63, 3.8) is 0 Å². The highest BCUT2D eigenvalue weighted by molar-refractivity contribution is 5.71. The lowest BCUT2D eigenvalue weighted by Crippen LogP contribution is -2.48. The molecule has 1 aliphatic carbocycles. The van der Waals surface area contributed by atoms with Crippen molar-refractivity contribution in [1.29, 1.82) is 0 Å². The van der Waals surface area contributed by atoms with Gasteiger partial charge in [0.15, 0.2) is 0 Å². The summed E-state index contributed by atoms with van der Waals surface area (Å²) in [6.45, 7) is 7.82. The maximum atomic E-state index is 12.3. The van der Waals surface area contributed by atoms with E-state index in [4.69, 9.17) is 9.84 Å². The summed E-state index contributed by atoms with van der Waals surface area (Å²) in [7, 11) is 0. The van der Waals surface area contributed by atoms with Crippen molar-refractivity contribution < 1.29 is 19.4 Å². The molecule has 0 saturated heterocycles. The number of carboxylic acid groups (broad SMARTS) is 1. The van der Waals surface area contributed by atoms with Gasteiger partial charge in [0.1, 0.15) is 5.60 Å². The summed E-state index contributed by atoms with van der Waals surface area (Å²) < 4.78 is 5.43. The Balaban J connectivity index is 2.77. The highest BCUT2D eigenvalue weighted by Crippen LogP contribution is 2.29. The van der Waals surface area contributed by atoms with Crippen molar-refractivity contribution >= 4 is 12.1 Å². The molecular weight excluding hydrogens is 258 g/mol. The Morgan fingerprint density at radius 2 is 1.85 bits per heavy atom. The molecule has 1 fully saturated rings. The average molecular weight is 285 g/mol. The molecule has 0 aromatic heterocycles. The molecule has 20 heavy (non-hydrogen) atoms. The topological polar surface area (TPSA) is 66.8 Å². The third-order valence-corrected chi connectivity index (χ3v) is 3.66. The lowest BCUT2D eigenvalue weighted by Gasteiger charge is -2.39. The van der Waals surface area contributed by atoms with E-state index in [1.165, 1.54) is 6.42 Å². The maximum absolute atomic E-state index is 12.3. The van der Waals surface area contributed by atoms with Crippen molar-refractivity contribution in [2.75, 3.05) is 6.54 Å². The number of carbonyl (C=O) groups excluding carboxylic acids is 1. The van der Waals surface area contributed by atoms with E-state index in [9.17, 15) is 9.59 Å². The Kier molecular flexibility index (Phi) is 5.84. The van der Waals surface area contributed by atoms with E-state index in [2.05, 4.69) is 6.92 Å². The van der Waals surface area contributed by atoms with E-state index in [0.717, 1.165) is 19.3 Å². The van der Waals surface area contributed by atoms with Gasteiger partial charge < -0.3 is 14.7 Å². The Morgan fingerprint density at radius 3 is 2.35 bits per heavy atom. The van der Waals surface area contributed by atoms with Crippen LogP contribution in [0.1, 0.15) is 59.8 Å². The molecule has 1 saturated carbocycles. The minimum Gasteiger partial charge on any atom is -0.481 e. The fraction of sp³-hybridized carbons (Fsp3) is 0.867. The normalized spacial score (nSPS) is 23.2. The summed E-state index contributed by atoms with van der Waals surface area (Å²) >= 11 is 0. The molecule has 1 amide bonds. The number of carboxylic acids is 1. The largest absolute Gasteiger partial charge is 0.481 e. The molecule has 1 aliphatic rings. The summed E-state index contributed by atoms with van der Waals surface area (Å²) in [6, 6.07) is 0.0953. The molecule has 0 radical (unpaired) electrons. The third kappa shape index (κ3) is 5.39. The minimum atomic E-state index is -0.887. The van der Waals surface area contributed by atoms with Gasteiger partial charge in [-0.2, -0.15) is 0 Å². The zero-order chi connectivity index (χ0) is 15.3. The second-order valence-electron chi connectivity index (χ2n) is 6.65. The Labute approximate surface area is 121 Å². The van der Waals surface area contributed by atoms with Crippen LogP contribution in [0.15, 0.2) is 0 Å². The lowest BCUT2D eigenvalue weighted by molar-refractivity contribution is -0.137. The second kappa shape index (κ2) is 6.95. The Morgan fingerprint density at radius 1 is 1.25 bits per heavy atom. The molecule has 0 unspecified atom stereocenters. The van der Waals surface area contributed by atoms with Crippen LogP contribution in [0.4, 0.5) is 4.79 Å². The van der Waals surface area contributed by atoms with Crippen molar-refractivity contribution in [3.05, 3.63) is 0 Å². The summed E-state index contributed by atoms with van der Waals surface area (Å²) in [5.41, 5.74) is -0.559. The average Bonchev–Trinajstić information content (AvgIpc) is 2.28. The molecular formula is C15H27NO4. The summed E-state index contributed by atoms with van der Waals surface area (Å²) in [5.74, 6) is -0.493. The lowest BCUT2D eigenvalue weighted by atomic mass is 9.85. The number of rotatable bonds is 4. The SMILES string of the molecule is C[C@H]1CCCC[C@@H]1N(CCC(=O)O)C(=O)OC(C)(C)C. The summed E-state index contributed by atoms with van der Waals surface area (Å²) in [4.78, 5) is 24.8. The first-order valence-corrected chi connectivity index (χ1v) is 7.42. The Hall–Kier alpha value is -1.26. The van der Waals surface area contributed by atoms with Gasteiger partial charge in [0.25, 0.3) is 0 Å². The van der Waals surface area contributed by atoms with Crippen LogP contribution in [0.3, 0.4) is 0 Å². The minimum absolute atomic E-state index is 0.0392. The molecule has 0 heterocycles. The van der Waals surface area contributed by atoms with Crippen LogP contribution < -0.4 is 0 Å². The van der Waals surface area contributed by atoms with Gasteiger partial charge in [-0.25, -0.2) is 4.79 Å². The van der Waals surface area contributed by atoms with Gasteiger partial charge in [-0.05, 0) is 39.5 Å². The van der Waals surface area contributed by atoms with Crippen molar-refractivity contribution in [2.24, 2.45) is 5.92 Å². The predicted molar refractivity (Wildman–Crippen MR) is 76.6 cm³/mol. The number of amides is 1. The van der Waals surface area contributed by atoms with Crippen molar-refractivity contribution in [2.45, 2.75) is 71.4 Å². The number of aliphatic carboxylic acids is 1. The van der Waals surface area contributed by atoms with Gasteiger partial charge in [0.2, 0.25) is 0 Å². The first kappa shape index (κ1) is 16.8. The van der Waals surface area contributed by atoms with Gasteiger partial charge in [-0.1, -0.05) is 19.8 Å². The van der Waals surface area contributed by atoms with Gasteiger partial charge in [0, 0.05) is 12.6 Å². The molecule has 0 bridgehead atoms. The molecule has 0 aromatic carbocycles. The van der Waals surface area contributed by atoms with Crippen LogP contribution in [0, 0.1) is 5.92 Å². The van der Waals surface area contributed by atoms with E-state index >= 15 is 0 Å². The van der Waals surface area contributed by atoms with Crippen LogP contribution in [0.5, 0.6) is 0 Å². The monoisotopic (exact) mass is 285 g/mol. The number of hydrogen-bond acceptors (Lipinski definition) is 3. The quantitative estimate of drug-likeness (QED) is 0.860. The van der Waals surface area contributed by atoms with Crippen LogP contribution in [-0.4, -0.2) is 40.3 Å². The molecule has 116 valence electrons. The van der Waals surface area contributed by atoms with Crippen LogP contribution in [0.2, 0.25) is 0 Å². The van der Waals surface area contributed by atoms with E-state index in [0.29, 0.717) is 5.92 Å². The fourth-order valence-electron chi connectivity index (χ4n) is 2.69. The number of carbonyl (C=O) groups is 2. The molecule has 5 heteroatoms. The molecule has 5 nitrogen and oxygen atoms in total. The van der Waals surface area contributed by atoms with Crippen molar-refractivity contribution in [3.8, 4) is 0 Å². The first-order chi connectivity index (χ1) is 9.20. The van der Waals surface area contributed by atoms with Crippen molar-refractivity contribution in [1.82, 2.24) is 4.90 Å². The number of hydrogen-bond donors (Lipinski definition) is 1. The van der Waals surface area contributed by atoms with E-state index in [-0.39, 0.29) is 19.0 Å². The van der Waals surface area contributed by atoms with E-state index < -0.39 is 17.7 Å². The van der Waals surface area contributed by atoms with Crippen LogP contribution >= 0.6 is 0 Å². The second-order valence-corrected chi connectivity index (χ2v) is 6.65.